The van der Waals surface area contributed by atoms with E-state index in [4.69, 9.17) is 9.26 Å². The van der Waals surface area contributed by atoms with E-state index in [-0.39, 0.29) is 6.04 Å². The number of hydrogen-bond donors (Lipinski definition) is 0. The Morgan fingerprint density at radius 1 is 1.24 bits per heavy atom. The van der Waals surface area contributed by atoms with Gasteiger partial charge in [-0.3, -0.25) is 9.80 Å². The standard InChI is InChI=1S/C15H26N4O2/c1-12-16-15(21-17-12)14-11-19(8-7-18(14)2)6-3-13-4-9-20-10-5-13/h13-14H,3-11H2,1-2H3/t14-/m0/s1. The third-order valence-corrected chi connectivity index (χ3v) is 4.75. The second-order valence-electron chi connectivity index (χ2n) is 6.32. The van der Waals surface area contributed by atoms with Gasteiger partial charge in [0.1, 0.15) is 6.04 Å². The van der Waals surface area contributed by atoms with Crippen LogP contribution in [0.5, 0.6) is 0 Å². The number of nitrogens with zero attached hydrogens (tertiary/aromatic N) is 4. The molecule has 6 heteroatoms. The number of aryl methyl sites for hydroxylation is 1. The van der Waals surface area contributed by atoms with Gasteiger partial charge in [0.25, 0.3) is 0 Å². The molecule has 2 fully saturated rings. The number of rotatable bonds is 4. The monoisotopic (exact) mass is 294 g/mol. The van der Waals surface area contributed by atoms with Gasteiger partial charge in [-0.15, -0.1) is 0 Å². The molecule has 1 atom stereocenters. The summed E-state index contributed by atoms with van der Waals surface area (Å²) in [4.78, 5) is 9.27. The van der Waals surface area contributed by atoms with Gasteiger partial charge in [-0.05, 0) is 45.7 Å². The molecule has 0 amide bonds. The molecule has 0 radical (unpaired) electrons. The van der Waals surface area contributed by atoms with Crippen LogP contribution in [0.4, 0.5) is 0 Å². The quantitative estimate of drug-likeness (QED) is 0.838. The molecule has 21 heavy (non-hydrogen) atoms. The average molecular weight is 294 g/mol. The Balaban J connectivity index is 1.52. The van der Waals surface area contributed by atoms with Gasteiger partial charge >= 0.3 is 0 Å². The van der Waals surface area contributed by atoms with Gasteiger partial charge in [0.05, 0.1) is 0 Å². The van der Waals surface area contributed by atoms with E-state index in [0.717, 1.165) is 50.5 Å². The van der Waals surface area contributed by atoms with Gasteiger partial charge in [0.2, 0.25) is 5.89 Å². The fourth-order valence-corrected chi connectivity index (χ4v) is 3.25. The number of aromatic nitrogens is 2. The fraction of sp³-hybridized carbons (Fsp3) is 0.867. The van der Waals surface area contributed by atoms with Gasteiger partial charge in [-0.2, -0.15) is 4.98 Å². The van der Waals surface area contributed by atoms with E-state index in [2.05, 4.69) is 27.0 Å². The molecule has 2 aliphatic heterocycles. The van der Waals surface area contributed by atoms with Crippen molar-refractivity contribution in [2.45, 2.75) is 32.2 Å². The highest BCUT2D eigenvalue weighted by atomic mass is 16.5. The maximum absolute atomic E-state index is 5.43. The number of likely N-dealkylation sites (N-methyl/N-ethyl adjacent to an activating group) is 1. The highest BCUT2D eigenvalue weighted by Crippen LogP contribution is 2.24. The Labute approximate surface area is 126 Å². The number of hydrogen-bond acceptors (Lipinski definition) is 6. The Bertz CT molecular complexity index is 445. The molecule has 3 rings (SSSR count). The van der Waals surface area contributed by atoms with Crippen molar-refractivity contribution in [1.82, 2.24) is 19.9 Å². The molecule has 0 bridgehead atoms. The summed E-state index contributed by atoms with van der Waals surface area (Å²) in [5.41, 5.74) is 0. The van der Waals surface area contributed by atoms with Crippen LogP contribution in [0.3, 0.4) is 0 Å². The molecule has 0 N–H and O–H groups in total. The first-order chi connectivity index (χ1) is 10.2. The zero-order valence-corrected chi connectivity index (χ0v) is 13.1. The Morgan fingerprint density at radius 2 is 2.05 bits per heavy atom. The molecule has 2 saturated heterocycles. The van der Waals surface area contributed by atoms with E-state index in [1.54, 1.807) is 0 Å². The van der Waals surface area contributed by atoms with Crippen molar-refractivity contribution in [3.8, 4) is 0 Å². The zero-order valence-electron chi connectivity index (χ0n) is 13.1. The molecule has 0 spiro atoms. The molecule has 0 saturated carbocycles. The summed E-state index contributed by atoms with van der Waals surface area (Å²) in [7, 11) is 2.14. The molecule has 118 valence electrons. The summed E-state index contributed by atoms with van der Waals surface area (Å²) < 4.78 is 10.8. The van der Waals surface area contributed by atoms with Gasteiger partial charge in [0.15, 0.2) is 5.82 Å². The Hall–Kier alpha value is -0.980. The minimum absolute atomic E-state index is 0.231. The van der Waals surface area contributed by atoms with Crippen LogP contribution >= 0.6 is 0 Å². The third-order valence-electron chi connectivity index (χ3n) is 4.75. The first-order valence-corrected chi connectivity index (χ1v) is 8.03. The van der Waals surface area contributed by atoms with Crippen molar-refractivity contribution in [3.63, 3.8) is 0 Å². The minimum Gasteiger partial charge on any atom is -0.381 e. The number of piperazine rings is 1. The van der Waals surface area contributed by atoms with Crippen LogP contribution < -0.4 is 0 Å². The lowest BCUT2D eigenvalue weighted by molar-refractivity contribution is 0.0468. The predicted molar refractivity (Wildman–Crippen MR) is 79.0 cm³/mol. The molecule has 3 heterocycles. The Morgan fingerprint density at radius 3 is 2.76 bits per heavy atom. The molecular formula is C15H26N4O2. The Kier molecular flexibility index (Phi) is 4.87. The van der Waals surface area contributed by atoms with Crippen molar-refractivity contribution in [2.75, 3.05) is 46.4 Å². The molecule has 0 aromatic carbocycles. The largest absolute Gasteiger partial charge is 0.381 e. The summed E-state index contributed by atoms with van der Waals surface area (Å²) in [5, 5.41) is 3.93. The van der Waals surface area contributed by atoms with Crippen molar-refractivity contribution in [1.29, 1.82) is 0 Å². The maximum atomic E-state index is 5.43. The topological polar surface area (TPSA) is 54.6 Å². The van der Waals surface area contributed by atoms with Crippen LogP contribution in [0.1, 0.15) is 37.0 Å². The minimum atomic E-state index is 0.231. The highest BCUT2D eigenvalue weighted by molar-refractivity contribution is 4.95. The van der Waals surface area contributed by atoms with E-state index in [1.165, 1.54) is 25.8 Å². The van der Waals surface area contributed by atoms with Crippen molar-refractivity contribution in [3.05, 3.63) is 11.7 Å². The van der Waals surface area contributed by atoms with Crippen LogP contribution in [0.15, 0.2) is 4.52 Å². The SMILES string of the molecule is Cc1noc([C@@H]2CN(CCC3CCOCC3)CCN2C)n1. The maximum Gasteiger partial charge on any atom is 0.245 e. The summed E-state index contributed by atoms with van der Waals surface area (Å²) in [5.74, 6) is 2.31. The lowest BCUT2D eigenvalue weighted by atomic mass is 9.96. The third kappa shape index (κ3) is 3.81. The van der Waals surface area contributed by atoms with Crippen molar-refractivity contribution >= 4 is 0 Å². The summed E-state index contributed by atoms with van der Waals surface area (Å²) in [6, 6.07) is 0.231. The van der Waals surface area contributed by atoms with Crippen LogP contribution in [0.2, 0.25) is 0 Å². The van der Waals surface area contributed by atoms with Crippen LogP contribution in [0, 0.1) is 12.8 Å². The molecule has 1 aromatic heterocycles. The van der Waals surface area contributed by atoms with Crippen LogP contribution in [-0.2, 0) is 4.74 Å². The van der Waals surface area contributed by atoms with Crippen LogP contribution in [0.25, 0.3) is 0 Å². The normalized spacial score (nSPS) is 26.3. The van der Waals surface area contributed by atoms with E-state index < -0.39 is 0 Å². The van der Waals surface area contributed by atoms with E-state index in [0.29, 0.717) is 0 Å². The first kappa shape index (κ1) is 14.9. The summed E-state index contributed by atoms with van der Waals surface area (Å²) in [6.07, 6.45) is 3.72. The smallest absolute Gasteiger partial charge is 0.245 e. The van der Waals surface area contributed by atoms with E-state index in [9.17, 15) is 0 Å². The van der Waals surface area contributed by atoms with E-state index in [1.807, 2.05) is 6.92 Å². The molecule has 0 aliphatic carbocycles. The molecule has 2 aliphatic rings. The number of ether oxygens (including phenoxy) is 1. The zero-order chi connectivity index (χ0) is 14.7. The van der Waals surface area contributed by atoms with Gasteiger partial charge in [0, 0.05) is 32.8 Å². The van der Waals surface area contributed by atoms with Gasteiger partial charge in [-0.25, -0.2) is 0 Å². The molecular weight excluding hydrogens is 268 g/mol. The summed E-state index contributed by atoms with van der Waals surface area (Å²) in [6.45, 7) is 8.10. The average Bonchev–Trinajstić information content (AvgIpc) is 2.94. The van der Waals surface area contributed by atoms with Crippen molar-refractivity contribution in [2.24, 2.45) is 5.92 Å². The van der Waals surface area contributed by atoms with E-state index >= 15 is 0 Å². The summed E-state index contributed by atoms with van der Waals surface area (Å²) >= 11 is 0. The second kappa shape index (κ2) is 6.85. The van der Waals surface area contributed by atoms with Crippen LogP contribution in [-0.4, -0.2) is 66.4 Å². The first-order valence-electron chi connectivity index (χ1n) is 8.03. The lowest BCUT2D eigenvalue weighted by Gasteiger charge is -2.38. The van der Waals surface area contributed by atoms with Crippen molar-refractivity contribution < 1.29 is 9.26 Å². The fourth-order valence-electron chi connectivity index (χ4n) is 3.25. The second-order valence-corrected chi connectivity index (χ2v) is 6.32. The van der Waals surface area contributed by atoms with Gasteiger partial charge in [-0.1, -0.05) is 5.16 Å². The molecule has 6 nitrogen and oxygen atoms in total. The molecule has 0 unspecified atom stereocenters. The van der Waals surface area contributed by atoms with Gasteiger partial charge < -0.3 is 9.26 Å². The lowest BCUT2D eigenvalue weighted by Crippen LogP contribution is -2.47. The highest BCUT2D eigenvalue weighted by Gasteiger charge is 2.30. The molecule has 1 aromatic rings. The predicted octanol–water partition coefficient (Wildman–Crippen LogP) is 1.48.